The van der Waals surface area contributed by atoms with Crippen LogP contribution in [0.1, 0.15) is 59.9 Å². The minimum atomic E-state index is -0.831. The Hall–Kier alpha value is -3.67. The number of hydrogen-bond acceptors (Lipinski definition) is 6. The molecule has 10 heteroatoms. The summed E-state index contributed by atoms with van der Waals surface area (Å²) in [5, 5.41) is 18.5. The molecule has 0 bridgehead atoms. The minimum Gasteiger partial charge on any atom is -0.498 e. The van der Waals surface area contributed by atoms with Crippen molar-refractivity contribution in [1.82, 2.24) is 19.9 Å². The van der Waals surface area contributed by atoms with Crippen LogP contribution in [0.5, 0.6) is 0 Å². The van der Waals surface area contributed by atoms with Crippen LogP contribution in [0.15, 0.2) is 54.4 Å². The number of ketones is 1. The van der Waals surface area contributed by atoms with Crippen molar-refractivity contribution in [2.24, 2.45) is 5.92 Å². The van der Waals surface area contributed by atoms with E-state index in [-0.39, 0.29) is 23.7 Å². The Bertz CT molecular complexity index is 1500. The SMILES string of the molecule is COC1=C(c2cc(Cl)cc(Cl)c2)C(=O)N2C[C@@H](n3cc(C(=O)CC(C)C)nn3)C[C@@]12Cc1ccc(C#N)cc1. The van der Waals surface area contributed by atoms with E-state index in [4.69, 9.17) is 27.9 Å². The molecule has 3 aromatic rings. The topological polar surface area (TPSA) is 101 Å². The second kappa shape index (κ2) is 10.5. The van der Waals surface area contributed by atoms with Gasteiger partial charge in [0.05, 0.1) is 36.6 Å². The average molecular weight is 564 g/mol. The summed E-state index contributed by atoms with van der Waals surface area (Å²) in [5.74, 6) is 0.475. The molecule has 1 amide bonds. The first kappa shape index (κ1) is 26.9. The molecule has 0 N–H and O–H groups in total. The van der Waals surface area contributed by atoms with E-state index in [1.807, 2.05) is 30.9 Å². The molecule has 8 nitrogen and oxygen atoms in total. The third-order valence-electron chi connectivity index (χ3n) is 7.29. The fraction of sp³-hybridized carbons (Fsp3) is 0.345. The lowest BCUT2D eigenvalue weighted by Gasteiger charge is -2.34. The first-order valence-electron chi connectivity index (χ1n) is 12.7. The summed E-state index contributed by atoms with van der Waals surface area (Å²) in [6.45, 7) is 4.31. The first-order chi connectivity index (χ1) is 18.6. The number of nitriles is 1. The van der Waals surface area contributed by atoms with Gasteiger partial charge in [0.15, 0.2) is 5.78 Å². The number of carbonyl (C=O) groups excluding carboxylic acids is 2. The maximum Gasteiger partial charge on any atom is 0.258 e. The van der Waals surface area contributed by atoms with Gasteiger partial charge < -0.3 is 9.64 Å². The van der Waals surface area contributed by atoms with E-state index >= 15 is 0 Å². The number of benzene rings is 2. The van der Waals surface area contributed by atoms with E-state index in [1.54, 1.807) is 48.3 Å². The van der Waals surface area contributed by atoms with Crippen molar-refractivity contribution in [2.45, 2.75) is 44.7 Å². The van der Waals surface area contributed by atoms with Crippen LogP contribution in [-0.2, 0) is 16.0 Å². The number of fused-ring (bicyclic) bond motifs is 1. The molecule has 2 aromatic carbocycles. The molecule has 200 valence electrons. The van der Waals surface area contributed by atoms with Crippen molar-refractivity contribution < 1.29 is 14.3 Å². The molecule has 0 saturated carbocycles. The zero-order valence-corrected chi connectivity index (χ0v) is 23.3. The Labute approximate surface area is 236 Å². The van der Waals surface area contributed by atoms with Gasteiger partial charge in [-0.05, 0) is 47.4 Å². The van der Waals surface area contributed by atoms with Crippen molar-refractivity contribution in [3.05, 3.63) is 86.9 Å². The number of halogens is 2. The normalized spacial score (nSPS) is 20.5. The maximum absolute atomic E-state index is 14.0. The van der Waals surface area contributed by atoms with Crippen LogP contribution in [0, 0.1) is 17.2 Å². The summed E-state index contributed by atoms with van der Waals surface area (Å²) < 4.78 is 7.70. The standard InChI is InChI=1S/C29H27Cl2N5O3/c1-17(2)8-25(37)24-16-36(34-33-24)23-13-29(12-18-4-6-19(14-32)7-5-18)27(39-3)26(28(38)35(29)15-23)20-9-21(30)11-22(31)10-20/h4-7,9-11,16-17,23H,8,12-13,15H2,1-3H3/t23-,29-/m0/s1. The number of hydrogen-bond donors (Lipinski definition) is 0. The molecule has 0 radical (unpaired) electrons. The lowest BCUT2D eigenvalue weighted by molar-refractivity contribution is -0.126. The van der Waals surface area contributed by atoms with Crippen LogP contribution in [0.2, 0.25) is 10.0 Å². The number of ether oxygens (including phenoxy) is 1. The summed E-state index contributed by atoms with van der Waals surface area (Å²) in [6.07, 6.45) is 3.00. The minimum absolute atomic E-state index is 0.0595. The Morgan fingerprint density at radius 3 is 2.51 bits per heavy atom. The summed E-state index contributed by atoms with van der Waals surface area (Å²) in [7, 11) is 1.56. The molecular formula is C29H27Cl2N5O3. The van der Waals surface area contributed by atoms with Gasteiger partial charge in [0, 0.05) is 35.9 Å². The Balaban J connectivity index is 1.58. The number of Topliss-reactive ketones (excluding diaryl/α,β-unsaturated/α-hetero) is 1. The molecule has 0 unspecified atom stereocenters. The first-order valence-corrected chi connectivity index (χ1v) is 13.4. The second-order valence-corrected chi connectivity index (χ2v) is 11.3. The van der Waals surface area contributed by atoms with Crippen LogP contribution < -0.4 is 0 Å². The molecule has 1 fully saturated rings. The maximum atomic E-state index is 14.0. The molecule has 5 rings (SSSR count). The highest BCUT2D eigenvalue weighted by atomic mass is 35.5. The van der Waals surface area contributed by atoms with E-state index in [9.17, 15) is 14.9 Å². The Morgan fingerprint density at radius 2 is 1.90 bits per heavy atom. The van der Waals surface area contributed by atoms with Crippen LogP contribution in [-0.4, -0.2) is 50.8 Å². The molecule has 0 aliphatic carbocycles. The van der Waals surface area contributed by atoms with Gasteiger partial charge in [0.2, 0.25) is 0 Å². The largest absolute Gasteiger partial charge is 0.498 e. The summed E-state index contributed by atoms with van der Waals surface area (Å²) >= 11 is 12.6. The molecule has 1 aromatic heterocycles. The molecule has 0 spiro atoms. The number of carbonyl (C=O) groups is 2. The number of nitrogens with zero attached hydrogens (tertiary/aromatic N) is 5. The van der Waals surface area contributed by atoms with Crippen molar-refractivity contribution in [3.8, 4) is 6.07 Å². The highest BCUT2D eigenvalue weighted by molar-refractivity contribution is 6.35. The third-order valence-corrected chi connectivity index (χ3v) is 7.73. The average Bonchev–Trinajstić information content (AvgIpc) is 3.57. The van der Waals surface area contributed by atoms with Gasteiger partial charge in [0.1, 0.15) is 17.0 Å². The van der Waals surface area contributed by atoms with E-state index < -0.39 is 5.54 Å². The number of rotatable bonds is 8. The third kappa shape index (κ3) is 4.93. The van der Waals surface area contributed by atoms with E-state index in [1.165, 1.54) is 0 Å². The van der Waals surface area contributed by atoms with E-state index in [0.29, 0.717) is 64.0 Å². The molecular weight excluding hydrogens is 537 g/mol. The zero-order chi connectivity index (χ0) is 27.9. The van der Waals surface area contributed by atoms with Crippen molar-refractivity contribution in [1.29, 1.82) is 5.26 Å². The van der Waals surface area contributed by atoms with Gasteiger partial charge in [-0.25, -0.2) is 4.68 Å². The molecule has 1 saturated heterocycles. The van der Waals surface area contributed by atoms with Gasteiger partial charge in [0.25, 0.3) is 5.91 Å². The van der Waals surface area contributed by atoms with Crippen LogP contribution >= 0.6 is 23.2 Å². The quantitative estimate of drug-likeness (QED) is 0.335. The lowest BCUT2D eigenvalue weighted by atomic mass is 9.85. The van der Waals surface area contributed by atoms with Gasteiger partial charge in [-0.15, -0.1) is 5.10 Å². The van der Waals surface area contributed by atoms with Crippen LogP contribution in [0.25, 0.3) is 5.57 Å². The summed E-state index contributed by atoms with van der Waals surface area (Å²) in [4.78, 5) is 28.5. The number of methoxy groups -OCH3 is 1. The smallest absolute Gasteiger partial charge is 0.258 e. The molecule has 2 aliphatic rings. The molecule has 2 atom stereocenters. The van der Waals surface area contributed by atoms with Crippen LogP contribution in [0.3, 0.4) is 0 Å². The molecule has 39 heavy (non-hydrogen) atoms. The highest BCUT2D eigenvalue weighted by Gasteiger charge is 2.59. The Morgan fingerprint density at radius 1 is 1.21 bits per heavy atom. The van der Waals surface area contributed by atoms with Crippen molar-refractivity contribution >= 4 is 40.5 Å². The Kier molecular flexibility index (Phi) is 7.23. The van der Waals surface area contributed by atoms with Gasteiger partial charge in [-0.3, -0.25) is 9.59 Å². The zero-order valence-electron chi connectivity index (χ0n) is 21.8. The number of aromatic nitrogens is 3. The lowest BCUT2D eigenvalue weighted by Crippen LogP contribution is -2.45. The summed E-state index contributed by atoms with van der Waals surface area (Å²) in [5.41, 5.74) is 1.99. The molecule has 2 aliphatic heterocycles. The van der Waals surface area contributed by atoms with Gasteiger partial charge in [-0.2, -0.15) is 5.26 Å². The number of amides is 1. The van der Waals surface area contributed by atoms with Crippen molar-refractivity contribution in [3.63, 3.8) is 0 Å². The fourth-order valence-corrected chi connectivity index (χ4v) is 6.20. The van der Waals surface area contributed by atoms with Crippen molar-refractivity contribution in [2.75, 3.05) is 13.7 Å². The summed E-state index contributed by atoms with van der Waals surface area (Å²) in [6, 6.07) is 14.3. The monoisotopic (exact) mass is 563 g/mol. The van der Waals surface area contributed by atoms with E-state index in [0.717, 1.165) is 5.56 Å². The van der Waals surface area contributed by atoms with Gasteiger partial charge >= 0.3 is 0 Å². The highest BCUT2D eigenvalue weighted by Crippen LogP contribution is 2.51. The van der Waals surface area contributed by atoms with E-state index in [2.05, 4.69) is 16.4 Å². The second-order valence-electron chi connectivity index (χ2n) is 10.5. The predicted molar refractivity (Wildman–Crippen MR) is 147 cm³/mol. The van der Waals surface area contributed by atoms with Crippen LogP contribution in [0.4, 0.5) is 0 Å². The van der Waals surface area contributed by atoms with Gasteiger partial charge in [-0.1, -0.05) is 54.4 Å². The predicted octanol–water partition coefficient (Wildman–Crippen LogP) is 5.51. The fourth-order valence-electron chi connectivity index (χ4n) is 5.67. The molecule has 3 heterocycles.